The van der Waals surface area contributed by atoms with Gasteiger partial charge in [-0.05, 0) is 42.9 Å². The first-order chi connectivity index (χ1) is 13.2. The molecular formula is C20H21N5S2. The number of pyridine rings is 1. The molecule has 0 radical (unpaired) electrons. The van der Waals surface area contributed by atoms with Crippen LogP contribution in [0.5, 0.6) is 0 Å². The van der Waals surface area contributed by atoms with Gasteiger partial charge in [0.2, 0.25) is 0 Å². The zero-order chi connectivity index (χ0) is 18.4. The Morgan fingerprint density at radius 1 is 1.30 bits per heavy atom. The molecule has 0 spiro atoms. The Kier molecular flexibility index (Phi) is 4.36. The number of hydrogen-bond donors (Lipinski definition) is 0. The van der Waals surface area contributed by atoms with Crippen LogP contribution in [0.4, 0.5) is 0 Å². The first kappa shape index (κ1) is 17.1. The number of fused-ring (bicyclic) bond motifs is 5. The minimum Gasteiger partial charge on any atom is -0.260 e. The summed E-state index contributed by atoms with van der Waals surface area (Å²) in [6.07, 6.45) is 6.23. The van der Waals surface area contributed by atoms with Crippen LogP contribution in [0.25, 0.3) is 15.9 Å². The van der Waals surface area contributed by atoms with Crippen molar-refractivity contribution in [3.63, 3.8) is 0 Å². The van der Waals surface area contributed by atoms with E-state index in [0.29, 0.717) is 0 Å². The van der Waals surface area contributed by atoms with E-state index in [4.69, 9.17) is 4.98 Å². The van der Waals surface area contributed by atoms with Gasteiger partial charge in [0.15, 0.2) is 10.8 Å². The number of aryl methyl sites for hydroxylation is 2. The standard InChI is InChI=1S/C20H21N5S2/c1-3-16-22-19-17(14-8-7-12(2)10-15(14)27-19)18-23-24-20(25(16)18)26-11-13-6-4-5-9-21-13/h4-6,9,12H,3,7-8,10-11H2,1-2H3/t12-/m1/s1. The molecule has 0 unspecified atom stereocenters. The normalized spacial score (nSPS) is 16.9. The Balaban J connectivity index is 1.63. The van der Waals surface area contributed by atoms with E-state index in [1.807, 2.05) is 35.7 Å². The second-order valence-electron chi connectivity index (χ2n) is 7.16. The van der Waals surface area contributed by atoms with E-state index >= 15 is 0 Å². The molecule has 138 valence electrons. The molecular weight excluding hydrogens is 374 g/mol. The minimum atomic E-state index is 0.759. The van der Waals surface area contributed by atoms with Gasteiger partial charge in [-0.3, -0.25) is 9.38 Å². The third-order valence-electron chi connectivity index (χ3n) is 5.23. The summed E-state index contributed by atoms with van der Waals surface area (Å²) in [5, 5.41) is 11.3. The highest BCUT2D eigenvalue weighted by atomic mass is 32.2. The summed E-state index contributed by atoms with van der Waals surface area (Å²) in [4.78, 5) is 12.1. The summed E-state index contributed by atoms with van der Waals surface area (Å²) < 4.78 is 2.17. The topological polar surface area (TPSA) is 56.0 Å². The SMILES string of the molecule is CCc1nc2sc3c(c2c2nnc(SCc4ccccn4)n12)CC[C@@H](C)C3. The summed E-state index contributed by atoms with van der Waals surface area (Å²) in [6.45, 7) is 4.49. The van der Waals surface area contributed by atoms with E-state index in [-0.39, 0.29) is 0 Å². The van der Waals surface area contributed by atoms with Gasteiger partial charge >= 0.3 is 0 Å². The van der Waals surface area contributed by atoms with Gasteiger partial charge in [0.25, 0.3) is 0 Å². The molecule has 1 atom stereocenters. The summed E-state index contributed by atoms with van der Waals surface area (Å²) in [6, 6.07) is 6.01. The number of hydrogen-bond acceptors (Lipinski definition) is 6. The van der Waals surface area contributed by atoms with Gasteiger partial charge in [0, 0.05) is 23.2 Å². The molecule has 27 heavy (non-hydrogen) atoms. The predicted octanol–water partition coefficient (Wildman–Crippen LogP) is 4.71. The van der Waals surface area contributed by atoms with Crippen molar-refractivity contribution in [1.29, 1.82) is 0 Å². The fraction of sp³-hybridized carbons (Fsp3) is 0.400. The molecule has 0 aromatic carbocycles. The lowest BCUT2D eigenvalue weighted by Crippen LogP contribution is -2.09. The van der Waals surface area contributed by atoms with Gasteiger partial charge in [-0.2, -0.15) is 0 Å². The first-order valence-corrected chi connectivity index (χ1v) is 11.3. The number of aromatic nitrogens is 5. The summed E-state index contributed by atoms with van der Waals surface area (Å²) >= 11 is 3.54. The van der Waals surface area contributed by atoms with Crippen LogP contribution in [-0.2, 0) is 25.0 Å². The molecule has 0 saturated heterocycles. The second-order valence-corrected chi connectivity index (χ2v) is 9.19. The van der Waals surface area contributed by atoms with Crippen molar-refractivity contribution >= 4 is 39.0 Å². The maximum atomic E-state index is 5.01. The van der Waals surface area contributed by atoms with Gasteiger partial charge < -0.3 is 0 Å². The highest BCUT2D eigenvalue weighted by Gasteiger charge is 2.25. The van der Waals surface area contributed by atoms with Crippen molar-refractivity contribution in [2.24, 2.45) is 5.92 Å². The average molecular weight is 396 g/mol. The van der Waals surface area contributed by atoms with E-state index in [9.17, 15) is 0 Å². The molecule has 4 aromatic rings. The number of rotatable bonds is 4. The van der Waals surface area contributed by atoms with Crippen LogP contribution in [0.3, 0.4) is 0 Å². The van der Waals surface area contributed by atoms with Crippen LogP contribution in [0.1, 0.15) is 42.2 Å². The zero-order valence-electron chi connectivity index (χ0n) is 15.5. The molecule has 0 N–H and O–H groups in total. The van der Waals surface area contributed by atoms with Crippen LogP contribution in [0.2, 0.25) is 0 Å². The molecule has 0 aliphatic heterocycles. The summed E-state index contributed by atoms with van der Waals surface area (Å²) in [5.41, 5.74) is 3.49. The van der Waals surface area contributed by atoms with Crippen LogP contribution in [0, 0.1) is 5.92 Å². The maximum absolute atomic E-state index is 5.01. The average Bonchev–Trinajstić information content (AvgIpc) is 3.26. The number of nitrogens with zero attached hydrogens (tertiary/aromatic N) is 5. The number of thiophene rings is 1. The lowest BCUT2D eigenvalue weighted by molar-refractivity contribution is 0.509. The van der Waals surface area contributed by atoms with Gasteiger partial charge in [-0.15, -0.1) is 21.5 Å². The molecule has 1 aliphatic rings. The van der Waals surface area contributed by atoms with Crippen LogP contribution >= 0.6 is 23.1 Å². The zero-order valence-corrected chi connectivity index (χ0v) is 17.1. The molecule has 0 bridgehead atoms. The first-order valence-electron chi connectivity index (χ1n) is 9.45. The van der Waals surface area contributed by atoms with E-state index in [0.717, 1.165) is 51.7 Å². The van der Waals surface area contributed by atoms with Gasteiger partial charge in [0.05, 0.1) is 11.1 Å². The Morgan fingerprint density at radius 3 is 3.04 bits per heavy atom. The highest BCUT2D eigenvalue weighted by Crippen LogP contribution is 2.39. The lowest BCUT2D eigenvalue weighted by Gasteiger charge is -2.17. The Morgan fingerprint density at radius 2 is 2.22 bits per heavy atom. The summed E-state index contributed by atoms with van der Waals surface area (Å²) in [5.74, 6) is 2.58. The highest BCUT2D eigenvalue weighted by molar-refractivity contribution is 7.98. The van der Waals surface area contributed by atoms with Crippen molar-refractivity contribution in [2.75, 3.05) is 0 Å². The van der Waals surface area contributed by atoms with E-state index in [1.54, 1.807) is 11.8 Å². The van der Waals surface area contributed by atoms with Gasteiger partial charge in [-0.1, -0.05) is 31.7 Å². The Labute approximate surface area is 166 Å². The Bertz CT molecular complexity index is 1120. The van der Waals surface area contributed by atoms with Crippen molar-refractivity contribution in [2.45, 2.75) is 50.4 Å². The monoisotopic (exact) mass is 395 g/mol. The van der Waals surface area contributed by atoms with E-state index in [2.05, 4.69) is 33.4 Å². The molecule has 5 nitrogen and oxygen atoms in total. The van der Waals surface area contributed by atoms with Crippen LogP contribution in [0.15, 0.2) is 29.6 Å². The fourth-order valence-electron chi connectivity index (χ4n) is 3.83. The van der Waals surface area contributed by atoms with Gasteiger partial charge in [-0.25, -0.2) is 4.98 Å². The number of thioether (sulfide) groups is 1. The lowest BCUT2D eigenvalue weighted by atomic mass is 9.89. The maximum Gasteiger partial charge on any atom is 0.197 e. The van der Waals surface area contributed by atoms with Crippen molar-refractivity contribution in [3.05, 3.63) is 46.4 Å². The molecule has 4 aromatic heterocycles. The molecule has 0 amide bonds. The third-order valence-corrected chi connectivity index (χ3v) is 7.34. The van der Waals surface area contributed by atoms with Crippen molar-refractivity contribution in [3.8, 4) is 0 Å². The molecule has 1 aliphatic carbocycles. The third kappa shape index (κ3) is 2.93. The summed E-state index contributed by atoms with van der Waals surface area (Å²) in [7, 11) is 0. The van der Waals surface area contributed by atoms with Crippen molar-refractivity contribution < 1.29 is 0 Å². The van der Waals surface area contributed by atoms with E-state index < -0.39 is 0 Å². The molecule has 4 heterocycles. The largest absolute Gasteiger partial charge is 0.260 e. The molecule has 0 fully saturated rings. The predicted molar refractivity (Wildman–Crippen MR) is 111 cm³/mol. The van der Waals surface area contributed by atoms with Crippen LogP contribution < -0.4 is 0 Å². The molecule has 5 rings (SSSR count). The van der Waals surface area contributed by atoms with Crippen molar-refractivity contribution in [1.82, 2.24) is 24.6 Å². The molecule has 0 saturated carbocycles. The van der Waals surface area contributed by atoms with E-state index in [1.165, 1.54) is 28.7 Å². The minimum absolute atomic E-state index is 0.759. The fourth-order valence-corrected chi connectivity index (χ4v) is 6.09. The quantitative estimate of drug-likeness (QED) is 0.468. The van der Waals surface area contributed by atoms with Gasteiger partial charge in [0.1, 0.15) is 10.7 Å². The Hall–Kier alpha value is -1.99. The smallest absolute Gasteiger partial charge is 0.197 e. The second kappa shape index (κ2) is 6.87. The molecule has 7 heteroatoms. The van der Waals surface area contributed by atoms with Crippen LogP contribution in [-0.4, -0.2) is 24.6 Å².